The fourth-order valence-corrected chi connectivity index (χ4v) is 3.74. The number of hydrogen-bond acceptors (Lipinski definition) is 6. The SMILES string of the molecule is [B]C([B])(O)c1ccc(-c2cc(F)c(CN(C)Cc3ncccc3C=O)c(F)c2)c(C=NCC)c1N. The summed E-state index contributed by atoms with van der Waals surface area (Å²) in [6.07, 6.45) is 3.70. The first-order chi connectivity index (χ1) is 16.6. The lowest BCUT2D eigenvalue weighted by Crippen LogP contribution is -2.27. The third-order valence-electron chi connectivity index (χ3n) is 5.47. The molecule has 3 N–H and O–H groups in total. The van der Waals surface area contributed by atoms with E-state index >= 15 is 8.78 Å². The summed E-state index contributed by atoms with van der Waals surface area (Å²) < 4.78 is 30.2. The van der Waals surface area contributed by atoms with E-state index in [-0.39, 0.29) is 35.5 Å². The normalized spacial score (nSPS) is 11.9. The number of rotatable bonds is 9. The summed E-state index contributed by atoms with van der Waals surface area (Å²) in [5, 5.41) is 7.82. The highest BCUT2D eigenvalue weighted by molar-refractivity contribution is 6.39. The van der Waals surface area contributed by atoms with Crippen molar-refractivity contribution in [2.75, 3.05) is 19.3 Å². The maximum Gasteiger partial charge on any atom is 0.151 e. The van der Waals surface area contributed by atoms with Gasteiger partial charge in [0, 0.05) is 59.8 Å². The molecule has 0 aliphatic carbocycles. The molecule has 0 bridgehead atoms. The van der Waals surface area contributed by atoms with Gasteiger partial charge >= 0.3 is 0 Å². The fraction of sp³-hybridized carbons (Fsp3) is 0.240. The molecule has 0 saturated heterocycles. The van der Waals surface area contributed by atoms with Gasteiger partial charge < -0.3 is 10.8 Å². The molecule has 3 rings (SSSR count). The van der Waals surface area contributed by atoms with Crippen molar-refractivity contribution in [1.82, 2.24) is 9.88 Å². The zero-order valence-corrected chi connectivity index (χ0v) is 19.5. The van der Waals surface area contributed by atoms with E-state index in [1.165, 1.54) is 30.5 Å². The summed E-state index contributed by atoms with van der Waals surface area (Å²) in [5.74, 6) is -1.50. The monoisotopic (exact) mass is 472 g/mol. The summed E-state index contributed by atoms with van der Waals surface area (Å²) >= 11 is 0. The molecule has 10 heteroatoms. The Morgan fingerprint density at radius 2 is 1.89 bits per heavy atom. The number of aliphatic hydroxyl groups is 1. The number of nitrogens with two attached hydrogens (primary N) is 1. The first-order valence-corrected chi connectivity index (χ1v) is 10.9. The van der Waals surface area contributed by atoms with Crippen molar-refractivity contribution in [2.45, 2.75) is 25.4 Å². The second kappa shape index (κ2) is 10.9. The number of nitrogen functional groups attached to an aromatic ring is 1. The van der Waals surface area contributed by atoms with E-state index in [4.69, 9.17) is 21.4 Å². The van der Waals surface area contributed by atoms with E-state index in [0.29, 0.717) is 35.2 Å². The summed E-state index contributed by atoms with van der Waals surface area (Å²) in [4.78, 5) is 21.2. The topological polar surface area (TPSA) is 91.8 Å². The Labute approximate surface area is 205 Å². The molecule has 0 aliphatic rings. The summed E-state index contributed by atoms with van der Waals surface area (Å²) in [7, 11) is 12.9. The first kappa shape index (κ1) is 26.2. The van der Waals surface area contributed by atoms with Gasteiger partial charge in [-0.05, 0) is 54.9 Å². The van der Waals surface area contributed by atoms with Crippen molar-refractivity contribution in [3.05, 3.63) is 82.2 Å². The van der Waals surface area contributed by atoms with Gasteiger partial charge in [0.2, 0.25) is 0 Å². The van der Waals surface area contributed by atoms with Crippen molar-refractivity contribution < 1.29 is 18.7 Å². The van der Waals surface area contributed by atoms with Crippen LogP contribution >= 0.6 is 0 Å². The Morgan fingerprint density at radius 3 is 2.49 bits per heavy atom. The van der Waals surface area contributed by atoms with Crippen LogP contribution in [0.5, 0.6) is 0 Å². The zero-order valence-electron chi connectivity index (χ0n) is 19.5. The van der Waals surface area contributed by atoms with Gasteiger partial charge in [-0.25, -0.2) is 8.78 Å². The molecule has 0 atom stereocenters. The number of benzene rings is 2. The van der Waals surface area contributed by atoms with Crippen LogP contribution in [0.2, 0.25) is 0 Å². The molecule has 0 saturated carbocycles. The van der Waals surface area contributed by atoms with Crippen molar-refractivity contribution in [2.24, 2.45) is 4.99 Å². The Kier molecular flexibility index (Phi) is 8.19. The predicted molar refractivity (Wildman–Crippen MR) is 135 cm³/mol. The average Bonchev–Trinajstić information content (AvgIpc) is 2.79. The molecular formula is C25H24B2F2N4O2. The van der Waals surface area contributed by atoms with Crippen LogP contribution in [0.1, 0.15) is 39.7 Å². The Morgan fingerprint density at radius 1 is 1.20 bits per heavy atom. The molecule has 0 spiro atoms. The molecule has 3 aromatic rings. The van der Waals surface area contributed by atoms with Gasteiger partial charge in [-0.1, -0.05) is 12.1 Å². The minimum absolute atomic E-state index is 0.0502. The van der Waals surface area contributed by atoms with Gasteiger partial charge in [0.1, 0.15) is 27.3 Å². The molecule has 4 radical (unpaired) electrons. The van der Waals surface area contributed by atoms with Crippen LogP contribution in [0.3, 0.4) is 0 Å². The molecule has 1 aromatic heterocycles. The maximum atomic E-state index is 15.1. The Hall–Kier alpha value is -3.36. The number of halogens is 2. The number of carbonyl (C=O) groups is 1. The van der Waals surface area contributed by atoms with Gasteiger partial charge in [-0.3, -0.25) is 19.7 Å². The largest absolute Gasteiger partial charge is 0.405 e. The number of aldehydes is 1. The van der Waals surface area contributed by atoms with E-state index in [9.17, 15) is 9.90 Å². The number of hydrogen-bond donors (Lipinski definition) is 2. The van der Waals surface area contributed by atoms with Gasteiger partial charge in [0.25, 0.3) is 0 Å². The van der Waals surface area contributed by atoms with Gasteiger partial charge in [-0.15, -0.1) is 0 Å². The van der Waals surface area contributed by atoms with Crippen molar-refractivity contribution in [3.63, 3.8) is 0 Å². The second-order valence-electron chi connectivity index (χ2n) is 8.19. The van der Waals surface area contributed by atoms with E-state index in [2.05, 4.69) is 9.98 Å². The minimum atomic E-state index is -2.19. The van der Waals surface area contributed by atoms with Gasteiger partial charge in [0.15, 0.2) is 6.29 Å². The number of pyridine rings is 1. The van der Waals surface area contributed by atoms with E-state index < -0.39 is 17.0 Å². The Bertz CT molecular complexity index is 1240. The molecule has 1 heterocycles. The molecular weight excluding hydrogens is 448 g/mol. The molecule has 2 aromatic carbocycles. The molecule has 0 aliphatic heterocycles. The zero-order chi connectivity index (χ0) is 25.8. The lowest BCUT2D eigenvalue weighted by atomic mass is 9.60. The molecule has 6 nitrogen and oxygen atoms in total. The third kappa shape index (κ3) is 6.01. The quantitative estimate of drug-likeness (QED) is 0.216. The summed E-state index contributed by atoms with van der Waals surface area (Å²) in [6.45, 7) is 2.43. The molecule has 176 valence electrons. The lowest BCUT2D eigenvalue weighted by Gasteiger charge is -2.24. The molecule has 0 fully saturated rings. The highest BCUT2D eigenvalue weighted by Gasteiger charge is 2.23. The predicted octanol–water partition coefficient (Wildman–Crippen LogP) is 2.93. The van der Waals surface area contributed by atoms with Crippen LogP contribution < -0.4 is 5.73 Å². The van der Waals surface area contributed by atoms with Gasteiger partial charge in [0.05, 0.1) is 5.69 Å². The lowest BCUT2D eigenvalue weighted by molar-refractivity contribution is 0.112. The third-order valence-corrected chi connectivity index (χ3v) is 5.47. The highest BCUT2D eigenvalue weighted by Crippen LogP contribution is 2.34. The number of aliphatic imine (C=N–C) groups is 1. The van der Waals surface area contributed by atoms with Crippen LogP contribution in [-0.2, 0) is 18.5 Å². The van der Waals surface area contributed by atoms with Crippen molar-refractivity contribution in [3.8, 4) is 11.1 Å². The van der Waals surface area contributed by atoms with E-state index in [0.717, 1.165) is 0 Å². The summed E-state index contributed by atoms with van der Waals surface area (Å²) in [5.41, 5.74) is 8.05. The Balaban J connectivity index is 1.97. The van der Waals surface area contributed by atoms with Crippen molar-refractivity contribution in [1.29, 1.82) is 0 Å². The first-order valence-electron chi connectivity index (χ1n) is 10.9. The molecule has 0 unspecified atom stereocenters. The van der Waals surface area contributed by atoms with E-state index in [1.807, 2.05) is 6.92 Å². The van der Waals surface area contributed by atoms with Gasteiger partial charge in [-0.2, -0.15) is 0 Å². The fourth-order valence-electron chi connectivity index (χ4n) is 3.74. The summed E-state index contributed by atoms with van der Waals surface area (Å²) in [6, 6.07) is 8.62. The van der Waals surface area contributed by atoms with E-state index in [1.54, 1.807) is 30.3 Å². The van der Waals surface area contributed by atoms with Crippen LogP contribution in [0.25, 0.3) is 11.1 Å². The second-order valence-corrected chi connectivity index (χ2v) is 8.19. The van der Waals surface area contributed by atoms with Crippen molar-refractivity contribution >= 4 is 33.9 Å². The minimum Gasteiger partial charge on any atom is -0.405 e. The van der Waals surface area contributed by atoms with Crippen LogP contribution in [-0.4, -0.2) is 56.8 Å². The number of anilines is 1. The maximum absolute atomic E-state index is 15.1. The smallest absolute Gasteiger partial charge is 0.151 e. The van der Waals surface area contributed by atoms with Crippen LogP contribution in [0.4, 0.5) is 14.5 Å². The average molecular weight is 472 g/mol. The molecule has 0 amide bonds. The highest BCUT2D eigenvalue weighted by atomic mass is 19.1. The van der Waals surface area contributed by atoms with Crippen LogP contribution in [0, 0.1) is 11.6 Å². The number of aromatic nitrogens is 1. The molecule has 35 heavy (non-hydrogen) atoms. The van der Waals surface area contributed by atoms with Crippen LogP contribution in [0.15, 0.2) is 47.6 Å². The number of nitrogens with zero attached hydrogens (tertiary/aromatic N) is 3. The standard InChI is InChI=1S/C25H24B2F2N4O2/c1-3-31-11-18-17(6-7-20(24(18)30)25(26,27)35)16-9-21(28)19(22(29)10-16)12-33(2)13-23-15(14-34)5-4-8-32-23/h4-11,14,35H,3,12-13,30H2,1-2H3. The number of carbonyl (C=O) groups excluding carboxylic acids is 1.